The Labute approximate surface area is 172 Å². The van der Waals surface area contributed by atoms with Crippen LogP contribution in [0.2, 0.25) is 0 Å². The highest BCUT2D eigenvalue weighted by Crippen LogP contribution is 2.31. The number of para-hydroxylation sites is 1. The quantitative estimate of drug-likeness (QED) is 0.579. The monoisotopic (exact) mass is 410 g/mol. The molecule has 3 N–H and O–H groups in total. The van der Waals surface area contributed by atoms with E-state index in [0.29, 0.717) is 11.0 Å². The first-order valence-electron chi connectivity index (χ1n) is 9.24. The summed E-state index contributed by atoms with van der Waals surface area (Å²) in [6.07, 6.45) is 5.10. The summed E-state index contributed by atoms with van der Waals surface area (Å²) < 4.78 is 1.97. The van der Waals surface area contributed by atoms with Gasteiger partial charge in [-0.15, -0.1) is 10.2 Å². The number of nitrogens with zero attached hydrogens (tertiary/aromatic N) is 4. The minimum atomic E-state index is -0.877. The summed E-state index contributed by atoms with van der Waals surface area (Å²) in [7, 11) is 0. The van der Waals surface area contributed by atoms with Gasteiger partial charge in [-0.05, 0) is 36.1 Å². The molecule has 0 saturated carbocycles. The Kier molecular flexibility index (Phi) is 6.61. The van der Waals surface area contributed by atoms with Crippen LogP contribution in [-0.2, 0) is 17.6 Å². The fourth-order valence-electron chi connectivity index (χ4n) is 3.05. The summed E-state index contributed by atoms with van der Waals surface area (Å²) in [6, 6.07) is 9.08. The minimum Gasteiger partial charge on any atom is -0.351 e. The fraction of sp³-hybridized carbons (Fsp3) is 0.250. The average Bonchev–Trinajstić information content (AvgIpc) is 3.15. The van der Waals surface area contributed by atoms with Gasteiger partial charge in [0, 0.05) is 18.0 Å². The number of pyridine rings is 1. The number of carbonyl (C=O) groups is 2. The van der Waals surface area contributed by atoms with E-state index in [2.05, 4.69) is 46.5 Å². The van der Waals surface area contributed by atoms with Crippen molar-refractivity contribution in [3.63, 3.8) is 0 Å². The lowest BCUT2D eigenvalue weighted by Crippen LogP contribution is -2.36. The van der Waals surface area contributed by atoms with Gasteiger partial charge in [-0.3, -0.25) is 19.7 Å². The number of nitrogens with two attached hydrogens (primary N) is 1. The van der Waals surface area contributed by atoms with Gasteiger partial charge in [0.2, 0.25) is 5.91 Å². The van der Waals surface area contributed by atoms with Crippen LogP contribution in [0.1, 0.15) is 25.0 Å². The van der Waals surface area contributed by atoms with Crippen molar-refractivity contribution < 1.29 is 9.59 Å². The van der Waals surface area contributed by atoms with Crippen molar-refractivity contribution in [2.45, 2.75) is 31.8 Å². The highest BCUT2D eigenvalue weighted by molar-refractivity contribution is 7.99. The van der Waals surface area contributed by atoms with E-state index in [1.165, 1.54) is 11.8 Å². The maximum absolute atomic E-state index is 11.9. The number of nitrogens with one attached hydrogen (secondary N) is 1. The van der Waals surface area contributed by atoms with Crippen LogP contribution in [0.25, 0.3) is 17.1 Å². The predicted octanol–water partition coefficient (Wildman–Crippen LogP) is 2.74. The van der Waals surface area contributed by atoms with Gasteiger partial charge in [0.1, 0.15) is 0 Å². The van der Waals surface area contributed by atoms with Crippen molar-refractivity contribution in [1.29, 1.82) is 0 Å². The highest BCUT2D eigenvalue weighted by Gasteiger charge is 2.21. The Morgan fingerprint density at radius 1 is 1.10 bits per heavy atom. The van der Waals surface area contributed by atoms with Gasteiger partial charge >= 0.3 is 6.03 Å². The molecule has 9 heteroatoms. The highest BCUT2D eigenvalue weighted by atomic mass is 32.2. The summed E-state index contributed by atoms with van der Waals surface area (Å²) in [5.74, 6) is 0.148. The van der Waals surface area contributed by atoms with Crippen molar-refractivity contribution >= 4 is 23.7 Å². The van der Waals surface area contributed by atoms with Gasteiger partial charge in [-0.25, -0.2) is 4.79 Å². The molecule has 0 saturated heterocycles. The molecule has 3 aromatic rings. The number of primary amides is 1. The summed E-state index contributed by atoms with van der Waals surface area (Å²) in [6.45, 7) is 4.19. The Morgan fingerprint density at radius 2 is 1.83 bits per heavy atom. The second-order valence-corrected chi connectivity index (χ2v) is 7.16. The Hall–Kier alpha value is -3.20. The predicted molar refractivity (Wildman–Crippen MR) is 112 cm³/mol. The van der Waals surface area contributed by atoms with Gasteiger partial charge in [-0.1, -0.05) is 43.8 Å². The molecule has 0 spiro atoms. The third-order valence-corrected chi connectivity index (χ3v) is 5.27. The molecular formula is C20H22N6O2S. The first-order valence-corrected chi connectivity index (χ1v) is 10.2. The van der Waals surface area contributed by atoms with E-state index in [1.807, 2.05) is 22.8 Å². The molecule has 2 aromatic heterocycles. The zero-order valence-corrected chi connectivity index (χ0v) is 17.1. The first-order chi connectivity index (χ1) is 14.0. The van der Waals surface area contributed by atoms with Gasteiger partial charge < -0.3 is 5.73 Å². The smallest absolute Gasteiger partial charge is 0.318 e. The Balaban J connectivity index is 2.12. The molecule has 29 heavy (non-hydrogen) atoms. The molecule has 3 amide bonds. The van der Waals surface area contributed by atoms with E-state index < -0.39 is 11.9 Å². The number of benzene rings is 1. The molecule has 0 radical (unpaired) electrons. The normalized spacial score (nSPS) is 10.7. The number of imide groups is 1. The molecule has 0 aliphatic heterocycles. The summed E-state index contributed by atoms with van der Waals surface area (Å²) in [5.41, 5.74) is 9.15. The third kappa shape index (κ3) is 4.62. The average molecular weight is 411 g/mol. The lowest BCUT2D eigenvalue weighted by atomic mass is 10.0. The zero-order chi connectivity index (χ0) is 20.8. The molecule has 0 bridgehead atoms. The molecular weight excluding hydrogens is 388 g/mol. The van der Waals surface area contributed by atoms with Gasteiger partial charge in [0.25, 0.3) is 0 Å². The van der Waals surface area contributed by atoms with Crippen LogP contribution < -0.4 is 11.1 Å². The second kappa shape index (κ2) is 9.33. The van der Waals surface area contributed by atoms with Crippen molar-refractivity contribution in [2.24, 2.45) is 5.73 Å². The number of hydrogen-bond acceptors (Lipinski definition) is 6. The molecule has 1 aromatic carbocycles. The molecule has 0 aliphatic carbocycles. The van der Waals surface area contributed by atoms with Gasteiger partial charge in [0.05, 0.1) is 11.4 Å². The number of thioether (sulfide) groups is 1. The van der Waals surface area contributed by atoms with Crippen LogP contribution in [0.15, 0.2) is 47.9 Å². The third-order valence-electron chi connectivity index (χ3n) is 4.34. The molecule has 0 fully saturated rings. The standard InChI is InChI=1S/C20H22N6O2S/c1-3-13-7-5-8-14(4-2)17(13)26-18(15-9-6-10-22-11-15)24-25-20(26)29-12-16(27)23-19(21)28/h5-11H,3-4,12H2,1-2H3,(H3,21,23,27,28). The summed E-state index contributed by atoms with van der Waals surface area (Å²) in [5, 5.41) is 11.3. The molecule has 0 aliphatic rings. The number of amides is 3. The summed E-state index contributed by atoms with van der Waals surface area (Å²) >= 11 is 1.19. The largest absolute Gasteiger partial charge is 0.351 e. The SMILES string of the molecule is CCc1cccc(CC)c1-n1c(SCC(=O)NC(N)=O)nnc1-c1cccnc1. The van der Waals surface area contributed by atoms with E-state index in [1.54, 1.807) is 12.4 Å². The van der Waals surface area contributed by atoms with Crippen LogP contribution in [0.4, 0.5) is 4.79 Å². The first kappa shape index (κ1) is 20.5. The lowest BCUT2D eigenvalue weighted by Gasteiger charge is -2.17. The number of aryl methyl sites for hydroxylation is 2. The number of hydrogen-bond donors (Lipinski definition) is 2. The van der Waals surface area contributed by atoms with Crippen LogP contribution in [-0.4, -0.2) is 37.4 Å². The number of aromatic nitrogens is 4. The van der Waals surface area contributed by atoms with Crippen molar-refractivity contribution in [2.75, 3.05) is 5.75 Å². The molecule has 8 nitrogen and oxygen atoms in total. The van der Waals surface area contributed by atoms with E-state index >= 15 is 0 Å². The maximum Gasteiger partial charge on any atom is 0.318 e. The van der Waals surface area contributed by atoms with E-state index in [-0.39, 0.29) is 5.75 Å². The number of urea groups is 1. The molecule has 3 rings (SSSR count). The van der Waals surface area contributed by atoms with Gasteiger partial charge in [-0.2, -0.15) is 0 Å². The Bertz CT molecular complexity index is 997. The molecule has 0 unspecified atom stereocenters. The molecule has 0 atom stereocenters. The van der Waals surface area contributed by atoms with Crippen LogP contribution in [0.3, 0.4) is 0 Å². The van der Waals surface area contributed by atoms with Crippen LogP contribution in [0.5, 0.6) is 0 Å². The topological polar surface area (TPSA) is 116 Å². The lowest BCUT2D eigenvalue weighted by molar-refractivity contribution is -0.117. The van der Waals surface area contributed by atoms with Crippen molar-refractivity contribution in [3.8, 4) is 17.1 Å². The maximum atomic E-state index is 11.9. The van der Waals surface area contributed by atoms with Crippen LogP contribution >= 0.6 is 11.8 Å². The fourth-order valence-corrected chi connectivity index (χ4v) is 3.79. The number of carbonyl (C=O) groups excluding carboxylic acids is 2. The van der Waals surface area contributed by atoms with Crippen LogP contribution in [0, 0.1) is 0 Å². The van der Waals surface area contributed by atoms with Crippen molar-refractivity contribution in [1.82, 2.24) is 25.1 Å². The summed E-state index contributed by atoms with van der Waals surface area (Å²) in [4.78, 5) is 27.0. The zero-order valence-electron chi connectivity index (χ0n) is 16.3. The molecule has 2 heterocycles. The Morgan fingerprint density at radius 3 is 2.41 bits per heavy atom. The second-order valence-electron chi connectivity index (χ2n) is 6.22. The number of rotatable bonds is 7. The van der Waals surface area contributed by atoms with Gasteiger partial charge in [0.15, 0.2) is 11.0 Å². The van der Waals surface area contributed by atoms with Crippen molar-refractivity contribution in [3.05, 3.63) is 53.9 Å². The van der Waals surface area contributed by atoms with E-state index in [9.17, 15) is 9.59 Å². The van der Waals surface area contributed by atoms with E-state index in [0.717, 1.165) is 35.2 Å². The molecule has 150 valence electrons. The minimum absolute atomic E-state index is 0.0101. The van der Waals surface area contributed by atoms with E-state index in [4.69, 9.17) is 5.73 Å².